The van der Waals surface area contributed by atoms with Crippen LogP contribution in [0.3, 0.4) is 0 Å². The quantitative estimate of drug-likeness (QED) is 0.301. The molecule has 6 rings (SSSR count). The molecule has 0 bridgehead atoms. The lowest BCUT2D eigenvalue weighted by atomic mass is 10.0. The van der Waals surface area contributed by atoms with Crippen LogP contribution in [0.4, 0.5) is 15.8 Å². The summed E-state index contributed by atoms with van der Waals surface area (Å²) in [6.45, 7) is 0.823. The second-order valence-corrected chi connectivity index (χ2v) is 8.98. The number of rotatable bonds is 7. The monoisotopic (exact) mass is 504 g/mol. The standard InChI is InChI=1S/C25H21FN6O3S/c1-34-23-16(26)3-2-4-18(23)31-22-20-17(6-8-28-24(20)33)30-21(22)15-5-7-27-11-19(15)35-12-14-13-36-25-29-9-10-32(14)25/h2-5,7,9-11,13,30-31H,6,8,12H2,1H3,(H,28,33). The van der Waals surface area contributed by atoms with Crippen molar-refractivity contribution in [1.82, 2.24) is 24.7 Å². The Morgan fingerprint density at radius 1 is 1.28 bits per heavy atom. The van der Waals surface area contributed by atoms with Gasteiger partial charge in [0.1, 0.15) is 12.4 Å². The van der Waals surface area contributed by atoms with E-state index in [4.69, 9.17) is 9.47 Å². The number of thiazole rings is 1. The van der Waals surface area contributed by atoms with E-state index < -0.39 is 5.82 Å². The fourth-order valence-corrected chi connectivity index (χ4v) is 5.22. The molecule has 182 valence electrons. The topological polar surface area (TPSA) is 106 Å². The Kier molecular flexibility index (Phi) is 5.53. The molecule has 4 aromatic heterocycles. The number of hydrogen-bond acceptors (Lipinski definition) is 7. The van der Waals surface area contributed by atoms with Crippen molar-refractivity contribution >= 4 is 33.6 Å². The van der Waals surface area contributed by atoms with Crippen molar-refractivity contribution < 1.29 is 18.7 Å². The summed E-state index contributed by atoms with van der Waals surface area (Å²) >= 11 is 1.54. The van der Waals surface area contributed by atoms with Crippen molar-refractivity contribution in [2.24, 2.45) is 0 Å². The molecule has 1 aliphatic heterocycles. The number of halogens is 1. The van der Waals surface area contributed by atoms with Crippen LogP contribution >= 0.6 is 11.3 Å². The van der Waals surface area contributed by atoms with Gasteiger partial charge in [-0.3, -0.25) is 14.2 Å². The Balaban J connectivity index is 1.43. The lowest BCUT2D eigenvalue weighted by Crippen LogP contribution is -2.31. The first-order valence-electron chi connectivity index (χ1n) is 11.2. The molecule has 0 spiro atoms. The number of H-pyrrole nitrogens is 1. The van der Waals surface area contributed by atoms with E-state index in [1.165, 1.54) is 24.5 Å². The maximum atomic E-state index is 14.4. The van der Waals surface area contributed by atoms with Gasteiger partial charge in [0.25, 0.3) is 5.91 Å². The first-order chi connectivity index (χ1) is 17.6. The van der Waals surface area contributed by atoms with Crippen LogP contribution in [0, 0.1) is 5.82 Å². The largest absolute Gasteiger partial charge is 0.492 e. The maximum Gasteiger partial charge on any atom is 0.255 e. The minimum absolute atomic E-state index is 0.0580. The van der Waals surface area contributed by atoms with Crippen molar-refractivity contribution in [3.8, 4) is 22.8 Å². The molecule has 1 aromatic carbocycles. The molecule has 36 heavy (non-hydrogen) atoms. The third kappa shape index (κ3) is 3.73. The van der Waals surface area contributed by atoms with E-state index in [0.717, 1.165) is 16.3 Å². The minimum atomic E-state index is -0.507. The van der Waals surface area contributed by atoms with E-state index in [9.17, 15) is 9.18 Å². The Hall–Kier alpha value is -4.38. The number of hydrogen-bond donors (Lipinski definition) is 3. The van der Waals surface area contributed by atoms with Crippen LogP contribution in [0.15, 0.2) is 54.4 Å². The first-order valence-corrected chi connectivity index (χ1v) is 12.1. The predicted molar refractivity (Wildman–Crippen MR) is 134 cm³/mol. The van der Waals surface area contributed by atoms with Gasteiger partial charge in [0.2, 0.25) is 0 Å². The zero-order valence-corrected chi connectivity index (χ0v) is 20.0. The lowest BCUT2D eigenvalue weighted by Gasteiger charge is -2.17. The number of anilines is 2. The van der Waals surface area contributed by atoms with Crippen LogP contribution in [0.5, 0.6) is 11.5 Å². The molecule has 11 heteroatoms. The van der Waals surface area contributed by atoms with E-state index in [1.54, 1.807) is 30.7 Å². The first kappa shape index (κ1) is 22.1. The van der Waals surface area contributed by atoms with Gasteiger partial charge in [-0.25, -0.2) is 9.37 Å². The number of fused-ring (bicyclic) bond motifs is 2. The van der Waals surface area contributed by atoms with E-state index in [-0.39, 0.29) is 11.7 Å². The number of amides is 1. The molecule has 0 unspecified atom stereocenters. The molecule has 9 nitrogen and oxygen atoms in total. The van der Waals surface area contributed by atoms with Gasteiger partial charge in [-0.15, -0.1) is 11.3 Å². The summed E-state index contributed by atoms with van der Waals surface area (Å²) in [5.74, 6) is -0.130. The molecular formula is C25H21FN6O3S. The molecule has 0 saturated heterocycles. The van der Waals surface area contributed by atoms with Gasteiger partial charge >= 0.3 is 0 Å². The number of imidazole rings is 1. The van der Waals surface area contributed by atoms with Crippen LogP contribution in [0.2, 0.25) is 0 Å². The van der Waals surface area contributed by atoms with Crippen LogP contribution in [-0.4, -0.2) is 38.9 Å². The van der Waals surface area contributed by atoms with Crippen molar-refractivity contribution in [2.45, 2.75) is 13.0 Å². The molecule has 3 N–H and O–H groups in total. The Labute approximate surface area is 208 Å². The Morgan fingerprint density at radius 3 is 3.08 bits per heavy atom. The van der Waals surface area contributed by atoms with Crippen molar-refractivity contribution in [1.29, 1.82) is 0 Å². The zero-order chi connectivity index (χ0) is 24.6. The number of benzene rings is 1. The average Bonchev–Trinajstić information content (AvgIpc) is 3.59. The van der Waals surface area contributed by atoms with Gasteiger partial charge in [0, 0.05) is 48.2 Å². The van der Waals surface area contributed by atoms with Crippen molar-refractivity contribution in [3.05, 3.63) is 77.2 Å². The number of nitrogens with one attached hydrogen (secondary N) is 3. The zero-order valence-electron chi connectivity index (χ0n) is 19.2. The highest BCUT2D eigenvalue weighted by Gasteiger charge is 2.29. The third-order valence-electron chi connectivity index (χ3n) is 6.04. The maximum absolute atomic E-state index is 14.4. The second-order valence-electron chi connectivity index (χ2n) is 8.15. The number of nitrogens with zero attached hydrogens (tertiary/aromatic N) is 3. The fourth-order valence-electron chi connectivity index (χ4n) is 4.39. The van der Waals surface area contributed by atoms with Gasteiger partial charge in [-0.05, 0) is 18.2 Å². The number of para-hydroxylation sites is 1. The summed E-state index contributed by atoms with van der Waals surface area (Å²) in [6.07, 6.45) is 7.57. The smallest absolute Gasteiger partial charge is 0.255 e. The number of pyridine rings is 1. The number of carbonyl (C=O) groups excluding carboxylic acids is 1. The van der Waals surface area contributed by atoms with E-state index >= 15 is 0 Å². The highest BCUT2D eigenvalue weighted by molar-refractivity contribution is 7.15. The van der Waals surface area contributed by atoms with Gasteiger partial charge in [-0.1, -0.05) is 6.07 Å². The summed E-state index contributed by atoms with van der Waals surface area (Å²) in [5.41, 5.74) is 4.47. The van der Waals surface area contributed by atoms with Crippen LogP contribution in [0.25, 0.3) is 16.2 Å². The van der Waals surface area contributed by atoms with E-state index in [1.807, 2.05) is 22.0 Å². The van der Waals surface area contributed by atoms with Crippen molar-refractivity contribution in [2.75, 3.05) is 19.0 Å². The van der Waals surface area contributed by atoms with Gasteiger partial charge in [0.15, 0.2) is 16.5 Å². The van der Waals surface area contributed by atoms with Gasteiger partial charge in [-0.2, -0.15) is 0 Å². The molecule has 0 atom stereocenters. The number of methoxy groups -OCH3 is 1. The molecule has 0 fully saturated rings. The molecule has 5 heterocycles. The van der Waals surface area contributed by atoms with E-state index in [2.05, 4.69) is 25.6 Å². The Morgan fingerprint density at radius 2 is 2.19 bits per heavy atom. The highest BCUT2D eigenvalue weighted by Crippen LogP contribution is 2.42. The molecular weight excluding hydrogens is 483 g/mol. The summed E-state index contributed by atoms with van der Waals surface area (Å²) in [7, 11) is 1.40. The summed E-state index contributed by atoms with van der Waals surface area (Å²) < 4.78 is 27.9. The molecule has 1 amide bonds. The van der Waals surface area contributed by atoms with Crippen LogP contribution in [-0.2, 0) is 13.0 Å². The molecule has 5 aromatic rings. The normalized spacial score (nSPS) is 12.9. The molecule has 1 aliphatic rings. The van der Waals surface area contributed by atoms with Crippen LogP contribution in [0.1, 0.15) is 21.7 Å². The minimum Gasteiger partial charge on any atom is -0.492 e. The number of aromatic nitrogens is 4. The predicted octanol–water partition coefficient (Wildman–Crippen LogP) is 4.54. The Bertz CT molecular complexity index is 1590. The SMILES string of the molecule is COc1c(F)cccc1Nc1c(-c2ccncc2OCc2csc3nccn23)[nH]c2c1C(=O)NCC2. The summed E-state index contributed by atoms with van der Waals surface area (Å²) in [5, 5.41) is 8.13. The van der Waals surface area contributed by atoms with Gasteiger partial charge < -0.3 is 25.1 Å². The lowest BCUT2D eigenvalue weighted by molar-refractivity contribution is 0.0947. The van der Waals surface area contributed by atoms with Crippen LogP contribution < -0.4 is 20.1 Å². The number of carbonyl (C=O) groups is 1. The molecule has 0 radical (unpaired) electrons. The highest BCUT2D eigenvalue weighted by atomic mass is 32.1. The number of aromatic amines is 1. The average molecular weight is 505 g/mol. The van der Waals surface area contributed by atoms with E-state index in [0.29, 0.717) is 53.5 Å². The number of ether oxygens (including phenoxy) is 2. The second kappa shape index (κ2) is 9.00. The summed E-state index contributed by atoms with van der Waals surface area (Å²) in [4.78, 5) is 25.7. The molecule has 0 aliphatic carbocycles. The van der Waals surface area contributed by atoms with Crippen molar-refractivity contribution in [3.63, 3.8) is 0 Å². The van der Waals surface area contributed by atoms with Gasteiger partial charge in [0.05, 0.1) is 41.6 Å². The molecule has 0 saturated carbocycles. The fraction of sp³-hybridized carbons (Fsp3) is 0.160. The third-order valence-corrected chi connectivity index (χ3v) is 6.94. The summed E-state index contributed by atoms with van der Waals surface area (Å²) in [6, 6.07) is 6.42.